The SMILES string of the molecule is Cc1ccc(Cl)cc1NC(=O)c1cn(S)nn1. The molecule has 7 heteroatoms. The highest BCUT2D eigenvalue weighted by atomic mass is 35.5. The van der Waals surface area contributed by atoms with Gasteiger partial charge in [0.25, 0.3) is 5.91 Å². The molecule has 0 aliphatic rings. The largest absolute Gasteiger partial charge is 0.320 e. The highest BCUT2D eigenvalue weighted by Crippen LogP contribution is 2.20. The van der Waals surface area contributed by atoms with Crippen molar-refractivity contribution in [2.24, 2.45) is 0 Å². The lowest BCUT2D eigenvalue weighted by Gasteiger charge is -2.06. The van der Waals surface area contributed by atoms with Crippen LogP contribution in [-0.4, -0.2) is 20.3 Å². The molecule has 0 bridgehead atoms. The van der Waals surface area contributed by atoms with E-state index in [9.17, 15) is 4.79 Å². The Hall–Kier alpha value is -1.53. The number of rotatable bonds is 2. The number of aromatic nitrogens is 3. The fourth-order valence-electron chi connectivity index (χ4n) is 1.27. The number of halogens is 1. The van der Waals surface area contributed by atoms with Crippen molar-refractivity contribution in [3.63, 3.8) is 0 Å². The van der Waals surface area contributed by atoms with Crippen LogP contribution in [0.4, 0.5) is 5.69 Å². The van der Waals surface area contributed by atoms with Gasteiger partial charge in [0, 0.05) is 10.7 Å². The summed E-state index contributed by atoms with van der Waals surface area (Å²) in [5, 5.41) is 10.5. The van der Waals surface area contributed by atoms with E-state index in [2.05, 4.69) is 28.4 Å². The zero-order valence-electron chi connectivity index (χ0n) is 8.88. The van der Waals surface area contributed by atoms with E-state index in [0.717, 1.165) is 5.56 Å². The second kappa shape index (κ2) is 4.77. The molecule has 5 nitrogen and oxygen atoms in total. The fraction of sp³-hybridized carbons (Fsp3) is 0.100. The quantitative estimate of drug-likeness (QED) is 0.821. The van der Waals surface area contributed by atoms with E-state index < -0.39 is 0 Å². The van der Waals surface area contributed by atoms with Crippen molar-refractivity contribution >= 4 is 36.0 Å². The second-order valence-corrected chi connectivity index (χ2v) is 4.28. The Morgan fingerprint density at radius 3 is 2.94 bits per heavy atom. The van der Waals surface area contributed by atoms with Gasteiger partial charge in [-0.25, -0.2) is 0 Å². The van der Waals surface area contributed by atoms with Crippen molar-refractivity contribution < 1.29 is 4.79 Å². The third-order valence-corrected chi connectivity index (χ3v) is 2.59. The number of anilines is 1. The number of hydrogen-bond acceptors (Lipinski definition) is 4. The maximum atomic E-state index is 11.8. The lowest BCUT2D eigenvalue weighted by Crippen LogP contribution is -2.13. The van der Waals surface area contributed by atoms with Gasteiger partial charge in [-0.1, -0.05) is 22.9 Å². The van der Waals surface area contributed by atoms with Crippen LogP contribution in [0, 0.1) is 6.92 Å². The van der Waals surface area contributed by atoms with Gasteiger partial charge in [0.2, 0.25) is 0 Å². The lowest BCUT2D eigenvalue weighted by atomic mass is 10.2. The first-order chi connectivity index (χ1) is 8.06. The first kappa shape index (κ1) is 11.9. The molecule has 1 aromatic carbocycles. The van der Waals surface area contributed by atoms with E-state index in [1.165, 1.54) is 10.3 Å². The summed E-state index contributed by atoms with van der Waals surface area (Å²) in [5.41, 5.74) is 1.76. The van der Waals surface area contributed by atoms with Crippen LogP contribution in [0.5, 0.6) is 0 Å². The zero-order chi connectivity index (χ0) is 12.4. The van der Waals surface area contributed by atoms with Gasteiger partial charge in [0.1, 0.15) is 0 Å². The number of carbonyl (C=O) groups excluding carboxylic acids is 1. The summed E-state index contributed by atoms with van der Waals surface area (Å²) >= 11 is 9.76. The van der Waals surface area contributed by atoms with E-state index in [0.29, 0.717) is 10.7 Å². The Balaban J connectivity index is 2.21. The number of nitrogens with zero attached hydrogens (tertiary/aromatic N) is 3. The van der Waals surface area contributed by atoms with Gasteiger partial charge >= 0.3 is 0 Å². The average molecular weight is 269 g/mol. The van der Waals surface area contributed by atoms with E-state index >= 15 is 0 Å². The Labute approximate surface area is 108 Å². The van der Waals surface area contributed by atoms with Crippen molar-refractivity contribution in [2.75, 3.05) is 5.32 Å². The monoisotopic (exact) mass is 268 g/mol. The number of amides is 1. The van der Waals surface area contributed by atoms with Crippen LogP contribution in [-0.2, 0) is 0 Å². The van der Waals surface area contributed by atoms with Gasteiger partial charge < -0.3 is 5.32 Å². The number of aryl methyl sites for hydroxylation is 1. The third kappa shape index (κ3) is 2.78. The normalized spacial score (nSPS) is 10.3. The predicted molar refractivity (Wildman–Crippen MR) is 68.5 cm³/mol. The molecule has 2 rings (SSSR count). The molecule has 1 N–H and O–H groups in total. The standard InChI is InChI=1S/C10H9ClN4OS/c1-6-2-3-7(11)4-8(6)12-10(16)9-5-15(17)14-13-9/h2-5,17H,1H3,(H,12,16). The minimum absolute atomic E-state index is 0.194. The summed E-state index contributed by atoms with van der Waals surface area (Å²) in [6, 6.07) is 5.27. The summed E-state index contributed by atoms with van der Waals surface area (Å²) < 4.78 is 1.17. The topological polar surface area (TPSA) is 59.8 Å². The molecule has 0 atom stereocenters. The van der Waals surface area contributed by atoms with E-state index in [1.54, 1.807) is 12.1 Å². The Morgan fingerprint density at radius 1 is 1.53 bits per heavy atom. The molecule has 0 radical (unpaired) electrons. The first-order valence-electron chi connectivity index (χ1n) is 4.75. The predicted octanol–water partition coefficient (Wildman–Crippen LogP) is 2.19. The smallest absolute Gasteiger partial charge is 0.277 e. The van der Waals surface area contributed by atoms with Crippen LogP contribution >= 0.6 is 24.4 Å². The number of benzene rings is 1. The molecule has 0 fully saturated rings. The van der Waals surface area contributed by atoms with Crippen LogP contribution in [0.25, 0.3) is 0 Å². The summed E-state index contributed by atoms with van der Waals surface area (Å²) in [6.45, 7) is 1.88. The van der Waals surface area contributed by atoms with Crippen molar-refractivity contribution in [1.29, 1.82) is 0 Å². The second-order valence-electron chi connectivity index (χ2n) is 3.44. The molecule has 0 saturated carbocycles. The van der Waals surface area contributed by atoms with Gasteiger partial charge in [-0.2, -0.15) is 4.09 Å². The third-order valence-electron chi connectivity index (χ3n) is 2.16. The van der Waals surface area contributed by atoms with Gasteiger partial charge in [0.15, 0.2) is 5.69 Å². The highest BCUT2D eigenvalue weighted by molar-refractivity contribution is 7.78. The van der Waals surface area contributed by atoms with Crippen LogP contribution in [0.1, 0.15) is 16.1 Å². The zero-order valence-corrected chi connectivity index (χ0v) is 10.5. The van der Waals surface area contributed by atoms with Crippen LogP contribution < -0.4 is 5.32 Å². The molecule has 0 aliphatic heterocycles. The number of carbonyl (C=O) groups is 1. The maximum absolute atomic E-state index is 11.8. The maximum Gasteiger partial charge on any atom is 0.277 e. The van der Waals surface area contributed by atoms with Crippen molar-refractivity contribution in [2.45, 2.75) is 6.92 Å². The van der Waals surface area contributed by atoms with Gasteiger partial charge in [-0.15, -0.1) is 5.10 Å². The van der Waals surface area contributed by atoms with Gasteiger partial charge in [-0.05, 0) is 37.4 Å². The van der Waals surface area contributed by atoms with E-state index in [4.69, 9.17) is 11.6 Å². The Bertz CT molecular complexity index is 569. The van der Waals surface area contributed by atoms with Crippen LogP contribution in [0.15, 0.2) is 24.4 Å². The molecule has 1 amide bonds. The number of nitrogens with one attached hydrogen (secondary N) is 1. The number of thiol groups is 1. The number of hydrogen-bond donors (Lipinski definition) is 2. The molecule has 17 heavy (non-hydrogen) atoms. The molecule has 0 spiro atoms. The molecule has 1 aromatic heterocycles. The fourth-order valence-corrected chi connectivity index (χ4v) is 1.60. The molecular formula is C10H9ClN4OS. The van der Waals surface area contributed by atoms with Crippen LogP contribution in [0.3, 0.4) is 0 Å². The molecular weight excluding hydrogens is 260 g/mol. The molecule has 0 aliphatic carbocycles. The summed E-state index contributed by atoms with van der Waals surface area (Å²) in [5.74, 6) is -0.351. The van der Waals surface area contributed by atoms with Crippen LogP contribution in [0.2, 0.25) is 5.02 Å². The van der Waals surface area contributed by atoms with Crippen molar-refractivity contribution in [3.8, 4) is 0 Å². The van der Waals surface area contributed by atoms with Gasteiger partial charge in [0.05, 0.1) is 6.20 Å². The molecule has 1 heterocycles. The minimum Gasteiger partial charge on any atom is -0.320 e. The van der Waals surface area contributed by atoms with E-state index in [1.807, 2.05) is 13.0 Å². The summed E-state index contributed by atoms with van der Waals surface area (Å²) in [7, 11) is 0. The van der Waals surface area contributed by atoms with Crippen molar-refractivity contribution in [3.05, 3.63) is 40.7 Å². The lowest BCUT2D eigenvalue weighted by molar-refractivity contribution is 0.102. The molecule has 2 aromatic rings. The average Bonchev–Trinajstić information content (AvgIpc) is 2.70. The van der Waals surface area contributed by atoms with Gasteiger partial charge in [-0.3, -0.25) is 4.79 Å². The Morgan fingerprint density at radius 2 is 2.29 bits per heavy atom. The minimum atomic E-state index is -0.351. The van der Waals surface area contributed by atoms with Crippen molar-refractivity contribution in [1.82, 2.24) is 14.4 Å². The first-order valence-corrected chi connectivity index (χ1v) is 5.53. The highest BCUT2D eigenvalue weighted by Gasteiger charge is 2.11. The molecule has 0 unspecified atom stereocenters. The van der Waals surface area contributed by atoms with E-state index in [-0.39, 0.29) is 11.6 Å². The summed E-state index contributed by atoms with van der Waals surface area (Å²) in [4.78, 5) is 11.8. The molecule has 88 valence electrons. The Kier molecular flexibility index (Phi) is 3.35. The molecule has 0 saturated heterocycles. The summed E-state index contributed by atoms with van der Waals surface area (Å²) in [6.07, 6.45) is 1.42.